The first-order valence-electron chi connectivity index (χ1n) is 6.89. The van der Waals surface area contributed by atoms with Crippen LogP contribution in [0.1, 0.15) is 27.2 Å². The van der Waals surface area contributed by atoms with Crippen molar-refractivity contribution in [2.75, 3.05) is 31.2 Å². The number of carbonyl (C=O) groups excluding carboxylic acids is 1. The Hall–Kier alpha value is -1.91. The summed E-state index contributed by atoms with van der Waals surface area (Å²) < 4.78 is 5.58. The summed E-state index contributed by atoms with van der Waals surface area (Å²) in [5.41, 5.74) is 6.93. The van der Waals surface area contributed by atoms with Gasteiger partial charge in [0.05, 0.1) is 23.4 Å². The lowest BCUT2D eigenvalue weighted by Crippen LogP contribution is -2.39. The predicted molar refractivity (Wildman–Crippen MR) is 83.0 cm³/mol. The molecule has 0 aromatic heterocycles. The fourth-order valence-electron chi connectivity index (χ4n) is 1.77. The Morgan fingerprint density at radius 2 is 2.10 bits per heavy atom. The highest BCUT2D eigenvalue weighted by Crippen LogP contribution is 2.30. The first-order valence-corrected chi connectivity index (χ1v) is 6.89. The molecule has 0 spiro atoms. The highest BCUT2D eigenvalue weighted by Gasteiger charge is 2.26. The Labute approximate surface area is 120 Å². The van der Waals surface area contributed by atoms with E-state index in [0.717, 1.165) is 12.1 Å². The lowest BCUT2D eigenvalue weighted by atomic mass is 9.92. The van der Waals surface area contributed by atoms with Crippen LogP contribution in [0.3, 0.4) is 0 Å². The number of rotatable bonds is 7. The van der Waals surface area contributed by atoms with E-state index in [4.69, 9.17) is 10.5 Å². The van der Waals surface area contributed by atoms with Crippen molar-refractivity contribution in [3.63, 3.8) is 0 Å². The summed E-state index contributed by atoms with van der Waals surface area (Å²) in [5.74, 6) is 0.663. The van der Waals surface area contributed by atoms with Crippen LogP contribution >= 0.6 is 0 Å². The van der Waals surface area contributed by atoms with Crippen molar-refractivity contribution < 1.29 is 9.53 Å². The maximum absolute atomic E-state index is 11.7. The minimum atomic E-state index is -0.512. The van der Waals surface area contributed by atoms with E-state index >= 15 is 0 Å². The smallest absolute Gasteiger partial charge is 0.227 e. The summed E-state index contributed by atoms with van der Waals surface area (Å²) in [6, 6.07) is 5.62. The first-order chi connectivity index (χ1) is 9.42. The second-order valence-electron chi connectivity index (χ2n) is 5.38. The molecule has 1 amide bonds. The zero-order valence-corrected chi connectivity index (χ0v) is 12.7. The van der Waals surface area contributed by atoms with Crippen LogP contribution in [-0.4, -0.2) is 26.1 Å². The summed E-state index contributed by atoms with van der Waals surface area (Å²) >= 11 is 0. The molecule has 20 heavy (non-hydrogen) atoms. The fraction of sp³-hybridized carbons (Fsp3) is 0.533. The van der Waals surface area contributed by atoms with Crippen molar-refractivity contribution in [2.45, 2.75) is 27.2 Å². The number of hydrogen-bond acceptors (Lipinski definition) is 4. The Morgan fingerprint density at radius 3 is 2.70 bits per heavy atom. The van der Waals surface area contributed by atoms with Gasteiger partial charge in [-0.1, -0.05) is 13.0 Å². The van der Waals surface area contributed by atoms with Crippen molar-refractivity contribution in [1.82, 2.24) is 5.32 Å². The van der Waals surface area contributed by atoms with E-state index in [2.05, 4.69) is 10.6 Å². The van der Waals surface area contributed by atoms with Crippen LogP contribution in [0.2, 0.25) is 0 Å². The van der Waals surface area contributed by atoms with E-state index in [9.17, 15) is 4.79 Å². The molecule has 1 aromatic rings. The zero-order chi connectivity index (χ0) is 15.2. The van der Waals surface area contributed by atoms with Crippen molar-refractivity contribution >= 4 is 17.3 Å². The first kappa shape index (κ1) is 16.1. The van der Waals surface area contributed by atoms with Gasteiger partial charge in [0.15, 0.2) is 0 Å². The van der Waals surface area contributed by atoms with Crippen LogP contribution < -0.4 is 21.1 Å². The van der Waals surface area contributed by atoms with Gasteiger partial charge in [0.25, 0.3) is 0 Å². The number of anilines is 2. The molecular formula is C15H25N3O2. The van der Waals surface area contributed by atoms with E-state index in [1.54, 1.807) is 7.05 Å². The molecule has 0 atom stereocenters. The molecule has 5 heteroatoms. The third-order valence-corrected chi connectivity index (χ3v) is 3.09. The monoisotopic (exact) mass is 279 g/mol. The van der Waals surface area contributed by atoms with Crippen LogP contribution in [-0.2, 0) is 4.79 Å². The van der Waals surface area contributed by atoms with Gasteiger partial charge in [0, 0.05) is 13.6 Å². The molecule has 5 nitrogen and oxygen atoms in total. The third-order valence-electron chi connectivity index (χ3n) is 3.09. The second kappa shape index (κ2) is 7.03. The van der Waals surface area contributed by atoms with Gasteiger partial charge >= 0.3 is 0 Å². The van der Waals surface area contributed by atoms with E-state index in [0.29, 0.717) is 24.6 Å². The number of nitrogens with one attached hydrogen (secondary N) is 2. The minimum Gasteiger partial charge on any atom is -0.491 e. The molecule has 0 aliphatic rings. The number of hydrogen-bond donors (Lipinski definition) is 3. The summed E-state index contributed by atoms with van der Waals surface area (Å²) in [7, 11) is 1.64. The molecule has 0 unspecified atom stereocenters. The van der Waals surface area contributed by atoms with Crippen LogP contribution in [0.4, 0.5) is 11.4 Å². The number of para-hydroxylation sites is 1. The predicted octanol–water partition coefficient (Wildman–Crippen LogP) is 2.24. The lowest BCUT2D eigenvalue weighted by Gasteiger charge is -2.24. The maximum Gasteiger partial charge on any atom is 0.227 e. The largest absolute Gasteiger partial charge is 0.491 e. The van der Waals surface area contributed by atoms with Gasteiger partial charge < -0.3 is 21.1 Å². The number of nitrogen functional groups attached to an aromatic ring is 1. The molecule has 0 fully saturated rings. The van der Waals surface area contributed by atoms with Gasteiger partial charge in [0.1, 0.15) is 5.75 Å². The summed E-state index contributed by atoms with van der Waals surface area (Å²) in [6.07, 6.45) is 0.931. The summed E-state index contributed by atoms with van der Waals surface area (Å²) in [5, 5.41) is 5.88. The third kappa shape index (κ3) is 4.05. The van der Waals surface area contributed by atoms with E-state index in [1.807, 2.05) is 39.0 Å². The molecule has 0 saturated heterocycles. The molecule has 1 rings (SSSR count). The van der Waals surface area contributed by atoms with Gasteiger partial charge in [-0.05, 0) is 32.4 Å². The highest BCUT2D eigenvalue weighted by atomic mass is 16.5. The molecule has 0 radical (unpaired) electrons. The molecule has 1 aromatic carbocycles. The Bertz CT molecular complexity index is 458. The SMILES string of the molecule is CCCOc1cccc(NCC(C)(C)C(=O)NC)c1N. The van der Waals surface area contributed by atoms with Crippen molar-refractivity contribution in [1.29, 1.82) is 0 Å². The van der Waals surface area contributed by atoms with E-state index in [-0.39, 0.29) is 5.91 Å². The number of ether oxygens (including phenoxy) is 1. The molecule has 0 heterocycles. The number of carbonyl (C=O) groups is 1. The van der Waals surface area contributed by atoms with E-state index in [1.165, 1.54) is 0 Å². The number of nitrogens with two attached hydrogens (primary N) is 1. The average molecular weight is 279 g/mol. The Kier molecular flexibility index (Phi) is 5.67. The standard InChI is InChI=1S/C15H25N3O2/c1-5-9-20-12-8-6-7-11(13(12)16)18-10-15(2,3)14(19)17-4/h6-8,18H,5,9-10,16H2,1-4H3,(H,17,19). The molecule has 4 N–H and O–H groups in total. The zero-order valence-electron chi connectivity index (χ0n) is 12.7. The van der Waals surface area contributed by atoms with E-state index < -0.39 is 5.41 Å². The second-order valence-corrected chi connectivity index (χ2v) is 5.38. The van der Waals surface area contributed by atoms with Crippen LogP contribution in [0, 0.1) is 5.41 Å². The normalized spacial score (nSPS) is 11.0. The lowest BCUT2D eigenvalue weighted by molar-refractivity contribution is -0.128. The quantitative estimate of drug-likeness (QED) is 0.669. The van der Waals surface area contributed by atoms with Gasteiger partial charge in [-0.3, -0.25) is 4.79 Å². The van der Waals surface area contributed by atoms with Crippen LogP contribution in [0.5, 0.6) is 5.75 Å². The highest BCUT2D eigenvalue weighted by molar-refractivity contribution is 5.82. The number of benzene rings is 1. The maximum atomic E-state index is 11.7. The van der Waals surface area contributed by atoms with Crippen LogP contribution in [0.25, 0.3) is 0 Å². The summed E-state index contributed by atoms with van der Waals surface area (Å²) in [4.78, 5) is 11.7. The summed E-state index contributed by atoms with van der Waals surface area (Å²) in [6.45, 7) is 6.94. The molecular weight excluding hydrogens is 254 g/mol. The van der Waals surface area contributed by atoms with Crippen molar-refractivity contribution in [3.05, 3.63) is 18.2 Å². The topological polar surface area (TPSA) is 76.4 Å². The minimum absolute atomic E-state index is 0.0121. The Morgan fingerprint density at radius 1 is 1.40 bits per heavy atom. The fourth-order valence-corrected chi connectivity index (χ4v) is 1.77. The molecule has 0 aliphatic heterocycles. The molecule has 0 aliphatic carbocycles. The molecule has 0 saturated carbocycles. The molecule has 112 valence electrons. The van der Waals surface area contributed by atoms with Gasteiger partial charge in [-0.15, -0.1) is 0 Å². The van der Waals surface area contributed by atoms with Crippen molar-refractivity contribution in [2.24, 2.45) is 5.41 Å². The van der Waals surface area contributed by atoms with Gasteiger partial charge in [-0.2, -0.15) is 0 Å². The van der Waals surface area contributed by atoms with Crippen molar-refractivity contribution in [3.8, 4) is 5.75 Å². The number of amides is 1. The molecule has 0 bridgehead atoms. The average Bonchev–Trinajstić information content (AvgIpc) is 2.44. The van der Waals surface area contributed by atoms with Gasteiger partial charge in [-0.25, -0.2) is 0 Å². The Balaban J connectivity index is 2.76. The van der Waals surface area contributed by atoms with Gasteiger partial charge in [0.2, 0.25) is 5.91 Å². The van der Waals surface area contributed by atoms with Crippen LogP contribution in [0.15, 0.2) is 18.2 Å².